The first-order valence-corrected chi connectivity index (χ1v) is 7.78. The Morgan fingerprint density at radius 3 is 2.14 bits per heavy atom. The van der Waals surface area contributed by atoms with Gasteiger partial charge >= 0.3 is 10.1 Å². The summed E-state index contributed by atoms with van der Waals surface area (Å²) in [6.45, 7) is 2.23. The topological polar surface area (TPSA) is 61.8 Å². The largest absolute Gasteiger partial charge is 0.497 e. The Hall–Kier alpha value is -2.21. The van der Waals surface area contributed by atoms with E-state index in [2.05, 4.69) is 0 Å². The highest BCUT2D eigenvalue weighted by atomic mass is 32.2. The summed E-state index contributed by atoms with van der Waals surface area (Å²) in [6.07, 6.45) is 0. The minimum atomic E-state index is -3.91. The van der Waals surface area contributed by atoms with Crippen molar-refractivity contribution in [3.63, 3.8) is 0 Å². The molecule has 0 spiro atoms. The Kier molecular flexibility index (Phi) is 4.70. The van der Waals surface area contributed by atoms with Gasteiger partial charge in [0.25, 0.3) is 0 Å². The molecule has 0 N–H and O–H groups in total. The third-order valence-electron chi connectivity index (χ3n) is 2.70. The Morgan fingerprint density at radius 1 is 0.952 bits per heavy atom. The first-order valence-electron chi connectivity index (χ1n) is 6.37. The maximum atomic E-state index is 12.2. The van der Waals surface area contributed by atoms with Crippen molar-refractivity contribution in [2.24, 2.45) is 0 Å². The van der Waals surface area contributed by atoms with E-state index in [4.69, 9.17) is 13.7 Å². The van der Waals surface area contributed by atoms with Crippen molar-refractivity contribution in [2.75, 3.05) is 13.7 Å². The highest BCUT2D eigenvalue weighted by molar-refractivity contribution is 7.87. The summed E-state index contributed by atoms with van der Waals surface area (Å²) in [5, 5.41) is 0. The van der Waals surface area contributed by atoms with Crippen LogP contribution in [0.1, 0.15) is 6.92 Å². The lowest BCUT2D eigenvalue weighted by Gasteiger charge is -2.11. The number of rotatable bonds is 6. The van der Waals surface area contributed by atoms with Crippen molar-refractivity contribution < 1.29 is 22.1 Å². The van der Waals surface area contributed by atoms with Crippen LogP contribution in [0.2, 0.25) is 0 Å². The molecule has 2 aromatic carbocycles. The predicted molar refractivity (Wildman–Crippen MR) is 78.4 cm³/mol. The summed E-state index contributed by atoms with van der Waals surface area (Å²) >= 11 is 0. The number of benzene rings is 2. The summed E-state index contributed by atoms with van der Waals surface area (Å²) in [5.74, 6) is 1.12. The quantitative estimate of drug-likeness (QED) is 0.768. The van der Waals surface area contributed by atoms with Gasteiger partial charge in [0.05, 0.1) is 13.7 Å². The van der Waals surface area contributed by atoms with Crippen LogP contribution >= 0.6 is 0 Å². The summed E-state index contributed by atoms with van der Waals surface area (Å²) in [4.78, 5) is 0.0506. The number of hydrogen-bond donors (Lipinski definition) is 0. The van der Waals surface area contributed by atoms with Gasteiger partial charge < -0.3 is 13.7 Å². The lowest BCUT2D eigenvalue weighted by Crippen LogP contribution is -2.10. The van der Waals surface area contributed by atoms with Crippen LogP contribution in [0.25, 0.3) is 0 Å². The van der Waals surface area contributed by atoms with Gasteiger partial charge in [-0.15, -0.1) is 0 Å². The third kappa shape index (κ3) is 3.66. The maximum Gasteiger partial charge on any atom is 0.339 e. The fourth-order valence-electron chi connectivity index (χ4n) is 1.70. The molecule has 0 heterocycles. The predicted octanol–water partition coefficient (Wildman–Crippen LogP) is 2.86. The Labute approximate surface area is 124 Å². The van der Waals surface area contributed by atoms with E-state index in [9.17, 15) is 8.42 Å². The summed E-state index contributed by atoms with van der Waals surface area (Å²) in [5.41, 5.74) is 0. The minimum absolute atomic E-state index is 0.0506. The first kappa shape index (κ1) is 15.2. The second-order valence-electron chi connectivity index (χ2n) is 4.09. The summed E-state index contributed by atoms with van der Waals surface area (Å²) in [7, 11) is -2.40. The van der Waals surface area contributed by atoms with Gasteiger partial charge in [0.1, 0.15) is 10.6 Å². The molecule has 0 aliphatic carbocycles. The van der Waals surface area contributed by atoms with Gasteiger partial charge in [0, 0.05) is 0 Å². The van der Waals surface area contributed by atoms with E-state index in [-0.39, 0.29) is 10.6 Å². The molecule has 0 saturated heterocycles. The van der Waals surface area contributed by atoms with Crippen LogP contribution in [0.4, 0.5) is 0 Å². The average Bonchev–Trinajstić information content (AvgIpc) is 2.49. The number of para-hydroxylation sites is 2. The molecular formula is C15H16O5S. The van der Waals surface area contributed by atoms with Gasteiger partial charge in [-0.3, -0.25) is 0 Å². The molecule has 0 atom stereocenters. The molecule has 0 aliphatic heterocycles. The van der Waals surface area contributed by atoms with Crippen LogP contribution in [-0.2, 0) is 10.1 Å². The SMILES string of the molecule is CCOc1ccccc1OS(=O)(=O)c1ccc(OC)cc1. The molecule has 2 aromatic rings. The molecule has 2 rings (SSSR count). The van der Waals surface area contributed by atoms with E-state index in [0.717, 1.165) is 0 Å². The standard InChI is InChI=1S/C15H16O5S/c1-3-19-14-6-4-5-7-15(14)20-21(16,17)13-10-8-12(18-2)9-11-13/h4-11H,3H2,1-2H3. The molecular weight excluding hydrogens is 292 g/mol. The van der Waals surface area contributed by atoms with E-state index in [0.29, 0.717) is 18.1 Å². The van der Waals surface area contributed by atoms with Crippen LogP contribution in [0, 0.1) is 0 Å². The minimum Gasteiger partial charge on any atom is -0.497 e. The van der Waals surface area contributed by atoms with Gasteiger partial charge in [-0.1, -0.05) is 12.1 Å². The zero-order valence-corrected chi connectivity index (χ0v) is 12.6. The molecule has 0 saturated carbocycles. The molecule has 0 fully saturated rings. The molecule has 0 unspecified atom stereocenters. The van der Waals surface area contributed by atoms with Gasteiger partial charge in [-0.25, -0.2) is 0 Å². The van der Waals surface area contributed by atoms with Crippen LogP contribution < -0.4 is 13.7 Å². The first-order chi connectivity index (χ1) is 10.1. The van der Waals surface area contributed by atoms with E-state index >= 15 is 0 Å². The maximum absolute atomic E-state index is 12.2. The normalized spacial score (nSPS) is 11.0. The second kappa shape index (κ2) is 6.49. The molecule has 0 aliphatic rings. The molecule has 112 valence electrons. The molecule has 21 heavy (non-hydrogen) atoms. The third-order valence-corrected chi connectivity index (χ3v) is 3.95. The summed E-state index contributed by atoms with van der Waals surface area (Å²) < 4.78 is 40.0. The lowest BCUT2D eigenvalue weighted by molar-refractivity contribution is 0.327. The van der Waals surface area contributed by atoms with Crippen LogP contribution in [0.3, 0.4) is 0 Å². The van der Waals surface area contributed by atoms with Crippen molar-refractivity contribution in [2.45, 2.75) is 11.8 Å². The average molecular weight is 308 g/mol. The van der Waals surface area contributed by atoms with Crippen LogP contribution in [-0.4, -0.2) is 22.1 Å². The van der Waals surface area contributed by atoms with Crippen LogP contribution in [0.5, 0.6) is 17.2 Å². The van der Waals surface area contributed by atoms with Crippen molar-refractivity contribution >= 4 is 10.1 Å². The van der Waals surface area contributed by atoms with E-state index in [1.54, 1.807) is 36.4 Å². The zero-order chi connectivity index (χ0) is 15.3. The number of ether oxygens (including phenoxy) is 2. The van der Waals surface area contributed by atoms with Crippen molar-refractivity contribution in [3.8, 4) is 17.2 Å². The van der Waals surface area contributed by atoms with Crippen molar-refractivity contribution in [3.05, 3.63) is 48.5 Å². The molecule has 5 nitrogen and oxygen atoms in total. The van der Waals surface area contributed by atoms with Crippen molar-refractivity contribution in [1.29, 1.82) is 0 Å². The van der Waals surface area contributed by atoms with Gasteiger partial charge in [-0.2, -0.15) is 8.42 Å². The van der Waals surface area contributed by atoms with Crippen molar-refractivity contribution in [1.82, 2.24) is 0 Å². The molecule has 6 heteroatoms. The molecule has 0 bridgehead atoms. The van der Waals surface area contributed by atoms with Crippen LogP contribution in [0.15, 0.2) is 53.4 Å². The van der Waals surface area contributed by atoms with Gasteiger partial charge in [0.2, 0.25) is 0 Å². The highest BCUT2D eigenvalue weighted by Crippen LogP contribution is 2.29. The fraction of sp³-hybridized carbons (Fsp3) is 0.200. The van der Waals surface area contributed by atoms with Gasteiger partial charge in [0.15, 0.2) is 11.5 Å². The lowest BCUT2D eigenvalue weighted by atomic mass is 10.3. The second-order valence-corrected chi connectivity index (χ2v) is 5.64. The van der Waals surface area contributed by atoms with Gasteiger partial charge in [-0.05, 0) is 43.3 Å². The van der Waals surface area contributed by atoms with E-state index < -0.39 is 10.1 Å². The Bertz CT molecular complexity index is 692. The van der Waals surface area contributed by atoms with E-state index in [1.807, 2.05) is 6.92 Å². The molecule has 0 radical (unpaired) electrons. The number of methoxy groups -OCH3 is 1. The van der Waals surface area contributed by atoms with E-state index in [1.165, 1.54) is 19.2 Å². The smallest absolute Gasteiger partial charge is 0.339 e. The number of hydrogen-bond acceptors (Lipinski definition) is 5. The fourth-order valence-corrected chi connectivity index (χ4v) is 2.64. The Morgan fingerprint density at radius 2 is 1.57 bits per heavy atom. The monoisotopic (exact) mass is 308 g/mol. The zero-order valence-electron chi connectivity index (χ0n) is 11.8. The Balaban J connectivity index is 2.28. The molecule has 0 aromatic heterocycles. The summed E-state index contributed by atoms with van der Waals surface area (Å²) in [6, 6.07) is 12.6. The highest BCUT2D eigenvalue weighted by Gasteiger charge is 2.18. The molecule has 0 amide bonds.